The van der Waals surface area contributed by atoms with Crippen LogP contribution < -0.4 is 0 Å². The van der Waals surface area contributed by atoms with E-state index in [-0.39, 0.29) is 6.10 Å². The Labute approximate surface area is 90.8 Å². The van der Waals surface area contributed by atoms with Gasteiger partial charge in [-0.1, -0.05) is 26.7 Å². The highest BCUT2D eigenvalue weighted by Crippen LogP contribution is 2.42. The van der Waals surface area contributed by atoms with Crippen molar-refractivity contribution in [1.82, 2.24) is 0 Å². The standard InChI is InChI=1S/C10H18O4Si/c1-7(2)15-6-4-3-5-8(13-15)9(14-15)10(11)12/h7-9H,3-6H2,1-2H3,(H,11,12). The van der Waals surface area contributed by atoms with Crippen molar-refractivity contribution in [3.63, 3.8) is 0 Å². The van der Waals surface area contributed by atoms with Gasteiger partial charge in [0.25, 0.3) is 0 Å². The van der Waals surface area contributed by atoms with Gasteiger partial charge in [-0.25, -0.2) is 4.79 Å². The Kier molecular flexibility index (Phi) is 2.87. The third kappa shape index (κ3) is 1.83. The summed E-state index contributed by atoms with van der Waals surface area (Å²) in [6.07, 6.45) is 2.11. The van der Waals surface area contributed by atoms with E-state index in [9.17, 15) is 4.79 Å². The molecular formula is C10H18O4Si. The fourth-order valence-electron chi connectivity index (χ4n) is 2.45. The molecule has 0 aromatic carbocycles. The molecule has 2 aliphatic rings. The second-order valence-corrected chi connectivity index (χ2v) is 8.50. The zero-order valence-electron chi connectivity index (χ0n) is 9.23. The average Bonchev–Trinajstić information content (AvgIpc) is 2.36. The van der Waals surface area contributed by atoms with Crippen LogP contribution in [-0.4, -0.2) is 31.8 Å². The molecule has 0 aliphatic carbocycles. The lowest BCUT2D eigenvalue weighted by Gasteiger charge is -2.27. The van der Waals surface area contributed by atoms with Crippen LogP contribution >= 0.6 is 0 Å². The van der Waals surface area contributed by atoms with Crippen LogP contribution in [0.15, 0.2) is 0 Å². The Morgan fingerprint density at radius 1 is 1.40 bits per heavy atom. The monoisotopic (exact) mass is 230 g/mol. The van der Waals surface area contributed by atoms with Crippen LogP contribution in [0.5, 0.6) is 0 Å². The number of carboxylic acid groups (broad SMARTS) is 1. The first-order valence-corrected chi connectivity index (χ1v) is 7.74. The molecule has 2 bridgehead atoms. The number of fused-ring (bicyclic) bond motifs is 2. The van der Waals surface area contributed by atoms with Crippen molar-refractivity contribution in [3.05, 3.63) is 0 Å². The Morgan fingerprint density at radius 3 is 2.73 bits per heavy atom. The molecule has 2 fully saturated rings. The largest absolute Gasteiger partial charge is 0.479 e. The van der Waals surface area contributed by atoms with E-state index >= 15 is 0 Å². The van der Waals surface area contributed by atoms with Crippen molar-refractivity contribution < 1.29 is 18.8 Å². The van der Waals surface area contributed by atoms with E-state index in [2.05, 4.69) is 13.8 Å². The van der Waals surface area contributed by atoms with Crippen molar-refractivity contribution in [2.24, 2.45) is 0 Å². The van der Waals surface area contributed by atoms with Crippen LogP contribution in [0.3, 0.4) is 0 Å². The summed E-state index contributed by atoms with van der Waals surface area (Å²) >= 11 is 0. The van der Waals surface area contributed by atoms with E-state index in [0.29, 0.717) is 5.54 Å². The Morgan fingerprint density at radius 2 is 2.13 bits per heavy atom. The molecular weight excluding hydrogens is 212 g/mol. The fourth-order valence-corrected chi connectivity index (χ4v) is 6.04. The highest BCUT2D eigenvalue weighted by Gasteiger charge is 2.55. The fraction of sp³-hybridized carbons (Fsp3) is 0.900. The molecule has 2 heterocycles. The second-order valence-electron chi connectivity index (χ2n) is 4.75. The molecule has 0 amide bonds. The van der Waals surface area contributed by atoms with Gasteiger partial charge in [-0.15, -0.1) is 0 Å². The minimum atomic E-state index is -2.22. The van der Waals surface area contributed by atoms with Gasteiger partial charge in [-0.3, -0.25) is 0 Å². The zero-order chi connectivity index (χ0) is 11.1. The zero-order valence-corrected chi connectivity index (χ0v) is 10.2. The van der Waals surface area contributed by atoms with Crippen molar-refractivity contribution in [3.8, 4) is 0 Å². The highest BCUT2D eigenvalue weighted by atomic mass is 28.4. The van der Waals surface area contributed by atoms with Crippen LogP contribution in [0.2, 0.25) is 11.6 Å². The molecule has 4 nitrogen and oxygen atoms in total. The van der Waals surface area contributed by atoms with Gasteiger partial charge in [-0.2, -0.15) is 0 Å². The minimum absolute atomic E-state index is 0.195. The molecule has 0 saturated carbocycles. The lowest BCUT2D eigenvalue weighted by molar-refractivity contribution is -0.146. The number of carbonyl (C=O) groups is 1. The van der Waals surface area contributed by atoms with E-state index in [4.69, 9.17) is 14.0 Å². The van der Waals surface area contributed by atoms with Gasteiger partial charge in [0, 0.05) is 0 Å². The first-order valence-electron chi connectivity index (χ1n) is 5.63. The van der Waals surface area contributed by atoms with Crippen molar-refractivity contribution >= 4 is 14.5 Å². The van der Waals surface area contributed by atoms with Crippen LogP contribution in [0.25, 0.3) is 0 Å². The van der Waals surface area contributed by atoms with Crippen molar-refractivity contribution in [2.75, 3.05) is 0 Å². The number of hydrogen-bond acceptors (Lipinski definition) is 3. The molecule has 0 radical (unpaired) electrons. The lowest BCUT2D eigenvalue weighted by atomic mass is 10.1. The molecule has 2 saturated heterocycles. The van der Waals surface area contributed by atoms with Gasteiger partial charge in [0.2, 0.25) is 0 Å². The maximum absolute atomic E-state index is 11.0. The summed E-state index contributed by atoms with van der Waals surface area (Å²) in [6.45, 7) is 4.16. The number of aliphatic carboxylic acids is 1. The normalized spacial score (nSPS) is 40.5. The number of carboxylic acids is 1. The lowest BCUT2D eigenvalue weighted by Crippen LogP contribution is -2.41. The number of rotatable bonds is 2. The third-order valence-electron chi connectivity index (χ3n) is 3.40. The molecule has 15 heavy (non-hydrogen) atoms. The number of hydrogen-bond donors (Lipinski definition) is 1. The quantitative estimate of drug-likeness (QED) is 0.736. The molecule has 5 heteroatoms. The van der Waals surface area contributed by atoms with E-state index in [1.807, 2.05) is 0 Å². The van der Waals surface area contributed by atoms with E-state index in [1.165, 1.54) is 0 Å². The smallest absolute Gasteiger partial charge is 0.341 e. The Bertz CT molecular complexity index is 268. The minimum Gasteiger partial charge on any atom is -0.479 e. The van der Waals surface area contributed by atoms with Crippen molar-refractivity contribution in [1.29, 1.82) is 0 Å². The van der Waals surface area contributed by atoms with Crippen LogP contribution in [0.4, 0.5) is 0 Å². The molecule has 0 aromatic heterocycles. The predicted octanol–water partition coefficient (Wildman–Crippen LogP) is 1.89. The van der Waals surface area contributed by atoms with Gasteiger partial charge >= 0.3 is 14.5 Å². The van der Waals surface area contributed by atoms with E-state index < -0.39 is 20.6 Å². The highest BCUT2D eigenvalue weighted by molar-refractivity contribution is 6.69. The maximum Gasteiger partial charge on any atom is 0.341 e. The molecule has 0 aromatic rings. The first kappa shape index (κ1) is 11.1. The molecule has 3 atom stereocenters. The molecule has 2 aliphatic heterocycles. The van der Waals surface area contributed by atoms with Crippen molar-refractivity contribution in [2.45, 2.75) is 56.9 Å². The van der Waals surface area contributed by atoms with Gasteiger partial charge < -0.3 is 14.0 Å². The Hall–Kier alpha value is -0.393. The second kappa shape index (κ2) is 3.88. The summed E-state index contributed by atoms with van der Waals surface area (Å²) in [6, 6.07) is 0.949. The van der Waals surface area contributed by atoms with E-state index in [0.717, 1.165) is 25.3 Å². The summed E-state index contributed by atoms with van der Waals surface area (Å²) < 4.78 is 11.8. The first-order chi connectivity index (χ1) is 7.05. The maximum atomic E-state index is 11.0. The molecule has 2 rings (SSSR count). The predicted molar refractivity (Wildman–Crippen MR) is 56.9 cm³/mol. The van der Waals surface area contributed by atoms with Crippen LogP contribution in [-0.2, 0) is 13.6 Å². The Balaban J connectivity index is 2.22. The van der Waals surface area contributed by atoms with Gasteiger partial charge in [-0.05, 0) is 18.0 Å². The summed E-state index contributed by atoms with van der Waals surface area (Å²) in [4.78, 5) is 11.0. The molecule has 3 unspecified atom stereocenters. The summed E-state index contributed by atoms with van der Waals surface area (Å²) in [5, 5.41) is 9.07. The SMILES string of the molecule is CC(C)[Si]12CCCCC(O1)C(C(=O)O)O2. The van der Waals surface area contributed by atoms with Crippen LogP contribution in [0, 0.1) is 0 Å². The van der Waals surface area contributed by atoms with E-state index in [1.54, 1.807) is 0 Å². The van der Waals surface area contributed by atoms with Gasteiger partial charge in [0.15, 0.2) is 6.10 Å². The van der Waals surface area contributed by atoms with Gasteiger partial charge in [0.1, 0.15) is 0 Å². The summed E-state index contributed by atoms with van der Waals surface area (Å²) in [5.41, 5.74) is 0.336. The van der Waals surface area contributed by atoms with Crippen LogP contribution in [0.1, 0.15) is 33.1 Å². The molecule has 86 valence electrons. The summed E-state index contributed by atoms with van der Waals surface area (Å²) in [5.74, 6) is -0.864. The molecule has 0 spiro atoms. The van der Waals surface area contributed by atoms with Gasteiger partial charge in [0.05, 0.1) is 6.10 Å². The summed E-state index contributed by atoms with van der Waals surface area (Å²) in [7, 11) is -2.22. The molecule has 1 N–H and O–H groups in total. The topological polar surface area (TPSA) is 55.8 Å². The average molecular weight is 230 g/mol. The third-order valence-corrected chi connectivity index (χ3v) is 7.57.